The van der Waals surface area contributed by atoms with Gasteiger partial charge in [0.25, 0.3) is 0 Å². The van der Waals surface area contributed by atoms with Crippen molar-refractivity contribution in [2.45, 2.75) is 57.5 Å². The van der Waals surface area contributed by atoms with E-state index < -0.39 is 23.9 Å². The lowest BCUT2D eigenvalue weighted by atomic mass is 10.1. The Labute approximate surface area is 118 Å². The molecule has 1 atom stereocenters. The molecule has 3 amide bonds. The minimum Gasteiger partial charge on any atom is -0.481 e. The van der Waals surface area contributed by atoms with Gasteiger partial charge >= 0.3 is 12.0 Å². The van der Waals surface area contributed by atoms with Crippen molar-refractivity contribution in [2.24, 2.45) is 5.73 Å². The third kappa shape index (κ3) is 5.07. The molecule has 1 aliphatic carbocycles. The van der Waals surface area contributed by atoms with Crippen molar-refractivity contribution in [3.8, 4) is 0 Å². The van der Waals surface area contributed by atoms with E-state index in [1.807, 2.05) is 6.92 Å². The number of carboxylic acid groups (broad SMARTS) is 1. The van der Waals surface area contributed by atoms with Gasteiger partial charge in [-0.2, -0.15) is 0 Å². The Kier molecular flexibility index (Phi) is 6.27. The first-order chi connectivity index (χ1) is 9.43. The summed E-state index contributed by atoms with van der Waals surface area (Å²) in [6, 6.07) is -0.814. The summed E-state index contributed by atoms with van der Waals surface area (Å²) in [6.45, 7) is 1.68. The van der Waals surface area contributed by atoms with Crippen molar-refractivity contribution in [3.63, 3.8) is 0 Å². The summed E-state index contributed by atoms with van der Waals surface area (Å²) >= 11 is 0. The number of hydrogen-bond donors (Lipinski definition) is 3. The van der Waals surface area contributed by atoms with Gasteiger partial charge in [0.05, 0.1) is 6.42 Å². The molecule has 0 heterocycles. The molecule has 4 N–H and O–H groups in total. The van der Waals surface area contributed by atoms with E-state index in [0.29, 0.717) is 6.42 Å². The van der Waals surface area contributed by atoms with Gasteiger partial charge in [0.1, 0.15) is 6.54 Å². The zero-order valence-corrected chi connectivity index (χ0v) is 11.8. The number of nitrogens with zero attached hydrogens (tertiary/aromatic N) is 1. The van der Waals surface area contributed by atoms with Gasteiger partial charge < -0.3 is 21.1 Å². The number of primary amides is 1. The Hall–Kier alpha value is -1.79. The maximum atomic E-state index is 12.2. The summed E-state index contributed by atoms with van der Waals surface area (Å²) in [5, 5.41) is 11.5. The molecule has 0 aliphatic heterocycles. The minimum absolute atomic E-state index is 0.0184. The van der Waals surface area contributed by atoms with Gasteiger partial charge in [-0.15, -0.1) is 0 Å². The highest BCUT2D eigenvalue weighted by Gasteiger charge is 2.29. The lowest BCUT2D eigenvalue weighted by Gasteiger charge is -2.29. The first-order valence-electron chi connectivity index (χ1n) is 7.01. The van der Waals surface area contributed by atoms with Crippen LogP contribution in [0.5, 0.6) is 0 Å². The number of amides is 3. The molecule has 0 aromatic heterocycles. The lowest BCUT2D eigenvalue weighted by Crippen LogP contribution is -2.51. The van der Waals surface area contributed by atoms with Crippen molar-refractivity contribution in [2.75, 3.05) is 6.54 Å². The second-order valence-corrected chi connectivity index (χ2v) is 5.19. The minimum atomic E-state index is -0.959. The normalized spacial score (nSPS) is 16.6. The molecule has 1 unspecified atom stereocenters. The quantitative estimate of drug-likeness (QED) is 0.638. The molecule has 0 radical (unpaired) electrons. The average molecular weight is 285 g/mol. The van der Waals surface area contributed by atoms with Crippen LogP contribution in [-0.2, 0) is 9.59 Å². The fourth-order valence-corrected chi connectivity index (χ4v) is 2.52. The van der Waals surface area contributed by atoms with Crippen molar-refractivity contribution >= 4 is 17.9 Å². The summed E-state index contributed by atoms with van der Waals surface area (Å²) in [5.41, 5.74) is 5.19. The molecular formula is C13H23N3O4. The topological polar surface area (TPSA) is 113 Å². The molecule has 0 aromatic carbocycles. The molecule has 20 heavy (non-hydrogen) atoms. The van der Waals surface area contributed by atoms with Crippen LogP contribution in [-0.4, -0.2) is 46.5 Å². The fraction of sp³-hybridized carbons (Fsp3) is 0.769. The van der Waals surface area contributed by atoms with E-state index in [9.17, 15) is 14.4 Å². The molecule has 1 aliphatic rings. The number of carbonyl (C=O) groups is 3. The van der Waals surface area contributed by atoms with E-state index in [4.69, 9.17) is 10.8 Å². The Bertz CT molecular complexity index is 367. The van der Waals surface area contributed by atoms with Gasteiger partial charge in [-0.05, 0) is 19.3 Å². The van der Waals surface area contributed by atoms with E-state index in [1.54, 1.807) is 0 Å². The van der Waals surface area contributed by atoms with Gasteiger partial charge in [-0.3, -0.25) is 9.59 Å². The number of nitrogens with two attached hydrogens (primary N) is 1. The van der Waals surface area contributed by atoms with Crippen molar-refractivity contribution in [1.29, 1.82) is 0 Å². The number of aliphatic carboxylic acids is 1. The fourth-order valence-electron chi connectivity index (χ4n) is 2.52. The highest BCUT2D eigenvalue weighted by molar-refractivity contribution is 5.83. The number of hydrogen-bond acceptors (Lipinski definition) is 3. The molecule has 0 saturated heterocycles. The standard InChI is InChI=1S/C13H23N3O4/c1-2-9(7-12(18)19)15-13(20)16(8-11(14)17)10-5-3-4-6-10/h9-10H,2-8H2,1H3,(H2,14,17)(H,15,20)(H,18,19). The lowest BCUT2D eigenvalue weighted by molar-refractivity contribution is -0.137. The highest BCUT2D eigenvalue weighted by atomic mass is 16.4. The van der Waals surface area contributed by atoms with Crippen LogP contribution in [0.2, 0.25) is 0 Å². The van der Waals surface area contributed by atoms with Gasteiger partial charge in [0, 0.05) is 12.1 Å². The number of urea groups is 1. The zero-order chi connectivity index (χ0) is 15.1. The van der Waals surface area contributed by atoms with Crippen LogP contribution in [0.4, 0.5) is 4.79 Å². The van der Waals surface area contributed by atoms with Gasteiger partial charge in [-0.25, -0.2) is 4.79 Å². The van der Waals surface area contributed by atoms with Gasteiger partial charge in [-0.1, -0.05) is 19.8 Å². The SMILES string of the molecule is CCC(CC(=O)O)NC(=O)N(CC(N)=O)C1CCCC1. The van der Waals surface area contributed by atoms with E-state index >= 15 is 0 Å². The molecule has 114 valence electrons. The summed E-state index contributed by atoms with van der Waals surface area (Å²) < 4.78 is 0. The Morgan fingerprint density at radius 1 is 1.35 bits per heavy atom. The largest absolute Gasteiger partial charge is 0.481 e. The highest BCUT2D eigenvalue weighted by Crippen LogP contribution is 2.23. The predicted molar refractivity (Wildman–Crippen MR) is 73.0 cm³/mol. The van der Waals surface area contributed by atoms with Crippen LogP contribution >= 0.6 is 0 Å². The maximum absolute atomic E-state index is 12.2. The monoisotopic (exact) mass is 285 g/mol. The molecule has 7 heteroatoms. The molecule has 0 spiro atoms. The number of rotatable bonds is 7. The molecule has 0 aromatic rings. The van der Waals surface area contributed by atoms with Gasteiger partial charge in [0.15, 0.2) is 0 Å². The molecule has 0 bridgehead atoms. The van der Waals surface area contributed by atoms with Crippen LogP contribution in [0, 0.1) is 0 Å². The summed E-state index contributed by atoms with van der Waals surface area (Å²) in [4.78, 5) is 35.5. The van der Waals surface area contributed by atoms with Crippen LogP contribution in [0.25, 0.3) is 0 Å². The predicted octanol–water partition coefficient (Wildman–Crippen LogP) is 0.679. The summed E-state index contributed by atoms with van der Waals surface area (Å²) in [7, 11) is 0. The van der Waals surface area contributed by atoms with E-state index in [1.165, 1.54) is 4.90 Å². The third-order valence-corrected chi connectivity index (χ3v) is 3.59. The van der Waals surface area contributed by atoms with E-state index in [-0.39, 0.29) is 19.0 Å². The number of carboxylic acids is 1. The van der Waals surface area contributed by atoms with Crippen LogP contribution in [0.1, 0.15) is 45.4 Å². The number of nitrogens with one attached hydrogen (secondary N) is 1. The second kappa shape index (κ2) is 7.72. The molecule has 1 rings (SSSR count). The molecule has 1 fully saturated rings. The maximum Gasteiger partial charge on any atom is 0.318 e. The molecule has 7 nitrogen and oxygen atoms in total. The molecule has 1 saturated carbocycles. The first-order valence-corrected chi connectivity index (χ1v) is 7.01. The van der Waals surface area contributed by atoms with Crippen LogP contribution < -0.4 is 11.1 Å². The van der Waals surface area contributed by atoms with Crippen molar-refractivity contribution < 1.29 is 19.5 Å². The Morgan fingerprint density at radius 2 is 1.95 bits per heavy atom. The second-order valence-electron chi connectivity index (χ2n) is 5.19. The van der Waals surface area contributed by atoms with Crippen molar-refractivity contribution in [3.05, 3.63) is 0 Å². The Morgan fingerprint density at radius 3 is 2.40 bits per heavy atom. The Balaban J connectivity index is 2.66. The van der Waals surface area contributed by atoms with Crippen LogP contribution in [0.15, 0.2) is 0 Å². The van der Waals surface area contributed by atoms with E-state index in [0.717, 1.165) is 25.7 Å². The van der Waals surface area contributed by atoms with Crippen LogP contribution in [0.3, 0.4) is 0 Å². The number of carbonyl (C=O) groups excluding carboxylic acids is 2. The molecular weight excluding hydrogens is 262 g/mol. The smallest absolute Gasteiger partial charge is 0.318 e. The third-order valence-electron chi connectivity index (χ3n) is 3.59. The zero-order valence-electron chi connectivity index (χ0n) is 11.8. The van der Waals surface area contributed by atoms with Gasteiger partial charge in [0.2, 0.25) is 5.91 Å². The average Bonchev–Trinajstić information content (AvgIpc) is 2.87. The van der Waals surface area contributed by atoms with Crippen molar-refractivity contribution in [1.82, 2.24) is 10.2 Å². The summed E-state index contributed by atoms with van der Waals surface area (Å²) in [6.07, 6.45) is 4.16. The first kappa shape index (κ1) is 16.3. The van der Waals surface area contributed by atoms with E-state index in [2.05, 4.69) is 5.32 Å². The summed E-state index contributed by atoms with van der Waals surface area (Å²) in [5.74, 6) is -1.52.